The van der Waals surface area contributed by atoms with Crippen LogP contribution in [0.15, 0.2) is 30.3 Å². The maximum atomic E-state index is 12.8. The van der Waals surface area contributed by atoms with Crippen molar-refractivity contribution >= 4 is 11.9 Å². The molecule has 1 saturated heterocycles. The lowest BCUT2D eigenvalue weighted by Crippen LogP contribution is -2.45. The molecule has 1 aliphatic rings. The zero-order chi connectivity index (χ0) is 20.5. The molecular formula is C22H35N3O3. The molecule has 2 atom stereocenters. The summed E-state index contributed by atoms with van der Waals surface area (Å²) in [6.07, 6.45) is 2.32. The molecule has 1 heterocycles. The molecule has 1 amide bonds. The number of benzene rings is 1. The molecule has 6 nitrogen and oxygen atoms in total. The van der Waals surface area contributed by atoms with Gasteiger partial charge in [0.2, 0.25) is 5.91 Å². The van der Waals surface area contributed by atoms with Crippen molar-refractivity contribution in [3.8, 4) is 0 Å². The molecule has 6 heteroatoms. The van der Waals surface area contributed by atoms with Crippen LogP contribution in [0.5, 0.6) is 0 Å². The molecule has 2 unspecified atom stereocenters. The number of carbonyl (C=O) groups is 2. The number of likely N-dealkylation sites (N-methyl/N-ethyl adjacent to an activating group) is 2. The van der Waals surface area contributed by atoms with Crippen molar-refractivity contribution < 1.29 is 14.7 Å². The molecule has 28 heavy (non-hydrogen) atoms. The van der Waals surface area contributed by atoms with Crippen LogP contribution in [0.2, 0.25) is 0 Å². The molecule has 0 bridgehead atoms. The van der Waals surface area contributed by atoms with Crippen molar-refractivity contribution in [1.82, 2.24) is 14.7 Å². The van der Waals surface area contributed by atoms with Gasteiger partial charge in [-0.3, -0.25) is 9.59 Å². The number of hydrogen-bond donors (Lipinski definition) is 1. The largest absolute Gasteiger partial charge is 0.481 e. The van der Waals surface area contributed by atoms with Crippen LogP contribution in [-0.4, -0.2) is 85.5 Å². The monoisotopic (exact) mass is 389 g/mol. The Hall–Kier alpha value is -1.92. The van der Waals surface area contributed by atoms with E-state index in [0.29, 0.717) is 19.5 Å². The van der Waals surface area contributed by atoms with Crippen LogP contribution in [0.3, 0.4) is 0 Å². The van der Waals surface area contributed by atoms with Crippen molar-refractivity contribution in [1.29, 1.82) is 0 Å². The molecule has 1 fully saturated rings. The van der Waals surface area contributed by atoms with Gasteiger partial charge in [0.1, 0.15) is 0 Å². The Labute approximate surface area is 169 Å². The number of carboxylic acids is 1. The normalized spacial score (nSPS) is 20.0. The summed E-state index contributed by atoms with van der Waals surface area (Å²) in [7, 11) is 6.24. The minimum atomic E-state index is -0.736. The third-order valence-corrected chi connectivity index (χ3v) is 5.69. The summed E-state index contributed by atoms with van der Waals surface area (Å²) < 4.78 is 0. The van der Waals surface area contributed by atoms with Gasteiger partial charge in [-0.05, 0) is 57.9 Å². The molecule has 0 radical (unpaired) electrons. The SMILES string of the molecule is CN(C)CCN(C)CCC1CN(C(=O)Cc2ccccc2)CCC1CC(=O)O. The van der Waals surface area contributed by atoms with E-state index in [-0.39, 0.29) is 24.2 Å². The van der Waals surface area contributed by atoms with Gasteiger partial charge in [0.05, 0.1) is 6.42 Å². The van der Waals surface area contributed by atoms with Crippen molar-refractivity contribution in [3.05, 3.63) is 35.9 Å². The van der Waals surface area contributed by atoms with E-state index < -0.39 is 5.97 Å². The Morgan fingerprint density at radius 3 is 2.43 bits per heavy atom. The molecule has 0 aromatic heterocycles. The molecule has 1 aliphatic heterocycles. The fraction of sp³-hybridized carbons (Fsp3) is 0.636. The van der Waals surface area contributed by atoms with Gasteiger partial charge in [0, 0.05) is 32.6 Å². The van der Waals surface area contributed by atoms with Crippen LogP contribution in [-0.2, 0) is 16.0 Å². The van der Waals surface area contributed by atoms with E-state index in [1.807, 2.05) is 35.2 Å². The maximum Gasteiger partial charge on any atom is 0.303 e. The number of likely N-dealkylation sites (tertiary alicyclic amines) is 1. The number of aliphatic carboxylic acids is 1. The van der Waals surface area contributed by atoms with Crippen molar-refractivity contribution in [2.75, 3.05) is 53.9 Å². The van der Waals surface area contributed by atoms with E-state index in [1.54, 1.807) is 0 Å². The minimum absolute atomic E-state index is 0.144. The van der Waals surface area contributed by atoms with Gasteiger partial charge in [-0.25, -0.2) is 0 Å². The molecule has 1 N–H and O–H groups in total. The summed E-state index contributed by atoms with van der Waals surface area (Å²) >= 11 is 0. The Kier molecular flexibility index (Phi) is 8.93. The lowest BCUT2D eigenvalue weighted by atomic mass is 9.81. The van der Waals surface area contributed by atoms with Gasteiger partial charge in [-0.1, -0.05) is 30.3 Å². The second kappa shape index (κ2) is 11.2. The Morgan fingerprint density at radius 1 is 1.07 bits per heavy atom. The second-order valence-electron chi connectivity index (χ2n) is 8.30. The van der Waals surface area contributed by atoms with Crippen molar-refractivity contribution in [2.45, 2.75) is 25.7 Å². The van der Waals surface area contributed by atoms with Crippen LogP contribution < -0.4 is 0 Å². The van der Waals surface area contributed by atoms with E-state index in [4.69, 9.17) is 0 Å². The van der Waals surface area contributed by atoms with E-state index in [9.17, 15) is 14.7 Å². The maximum absolute atomic E-state index is 12.8. The third kappa shape index (κ3) is 7.60. The summed E-state index contributed by atoms with van der Waals surface area (Å²) in [5, 5.41) is 9.28. The lowest BCUT2D eigenvalue weighted by molar-refractivity contribution is -0.139. The number of rotatable bonds is 10. The average molecular weight is 390 g/mol. The number of hydrogen-bond acceptors (Lipinski definition) is 4. The van der Waals surface area contributed by atoms with Gasteiger partial charge in [0.15, 0.2) is 0 Å². The first-order chi connectivity index (χ1) is 13.3. The second-order valence-corrected chi connectivity index (χ2v) is 8.30. The molecule has 2 rings (SSSR count). The molecule has 1 aromatic carbocycles. The van der Waals surface area contributed by atoms with Crippen LogP contribution in [0.4, 0.5) is 0 Å². The number of carboxylic acid groups (broad SMARTS) is 1. The van der Waals surface area contributed by atoms with Crippen LogP contribution in [0.25, 0.3) is 0 Å². The first kappa shape index (κ1) is 22.4. The Balaban J connectivity index is 1.92. The number of amides is 1. The molecular weight excluding hydrogens is 354 g/mol. The van der Waals surface area contributed by atoms with Gasteiger partial charge in [-0.15, -0.1) is 0 Å². The third-order valence-electron chi connectivity index (χ3n) is 5.69. The molecule has 0 aliphatic carbocycles. The van der Waals surface area contributed by atoms with Crippen molar-refractivity contribution in [3.63, 3.8) is 0 Å². The standard InChI is InChI=1S/C22H35N3O3/c1-23(2)13-14-24(3)11-9-20-17-25(12-10-19(20)16-22(27)28)21(26)15-18-7-5-4-6-8-18/h4-8,19-20H,9-17H2,1-3H3,(H,27,28). The number of nitrogens with zero attached hydrogens (tertiary/aromatic N) is 3. The first-order valence-electron chi connectivity index (χ1n) is 10.2. The molecule has 0 saturated carbocycles. The van der Waals surface area contributed by atoms with Gasteiger partial charge >= 0.3 is 5.97 Å². The summed E-state index contributed by atoms with van der Waals surface area (Å²) in [4.78, 5) is 30.4. The highest BCUT2D eigenvalue weighted by Gasteiger charge is 2.32. The molecule has 156 valence electrons. The smallest absolute Gasteiger partial charge is 0.303 e. The summed E-state index contributed by atoms with van der Waals surface area (Å²) in [5.74, 6) is -0.196. The molecule has 0 spiro atoms. The summed E-state index contributed by atoms with van der Waals surface area (Å²) in [5.41, 5.74) is 1.03. The number of piperidine rings is 1. The lowest BCUT2D eigenvalue weighted by Gasteiger charge is -2.39. The summed E-state index contributed by atoms with van der Waals surface area (Å²) in [6, 6.07) is 9.81. The van der Waals surface area contributed by atoms with Crippen LogP contribution in [0, 0.1) is 11.8 Å². The zero-order valence-electron chi connectivity index (χ0n) is 17.5. The van der Waals surface area contributed by atoms with E-state index >= 15 is 0 Å². The van der Waals surface area contributed by atoms with Gasteiger partial charge in [-0.2, -0.15) is 0 Å². The fourth-order valence-corrected chi connectivity index (χ4v) is 3.88. The predicted molar refractivity (Wildman–Crippen MR) is 111 cm³/mol. The highest BCUT2D eigenvalue weighted by molar-refractivity contribution is 5.79. The highest BCUT2D eigenvalue weighted by atomic mass is 16.4. The van der Waals surface area contributed by atoms with Crippen molar-refractivity contribution in [2.24, 2.45) is 11.8 Å². The van der Waals surface area contributed by atoms with Crippen LogP contribution in [0.1, 0.15) is 24.8 Å². The Morgan fingerprint density at radius 2 is 1.79 bits per heavy atom. The summed E-state index contributed by atoms with van der Waals surface area (Å²) in [6.45, 7) is 4.25. The molecule has 1 aromatic rings. The van der Waals surface area contributed by atoms with E-state index in [2.05, 4.69) is 30.9 Å². The average Bonchev–Trinajstić information content (AvgIpc) is 2.65. The number of carbonyl (C=O) groups excluding carboxylic acids is 1. The van der Waals surface area contributed by atoms with E-state index in [1.165, 1.54) is 0 Å². The minimum Gasteiger partial charge on any atom is -0.481 e. The fourth-order valence-electron chi connectivity index (χ4n) is 3.88. The van der Waals surface area contributed by atoms with E-state index in [0.717, 1.165) is 38.0 Å². The predicted octanol–water partition coefficient (Wildman–Crippen LogP) is 2.05. The quantitative estimate of drug-likeness (QED) is 0.664. The zero-order valence-corrected chi connectivity index (χ0v) is 17.5. The van der Waals surface area contributed by atoms with Crippen LogP contribution >= 0.6 is 0 Å². The van der Waals surface area contributed by atoms with Gasteiger partial charge in [0.25, 0.3) is 0 Å². The highest BCUT2D eigenvalue weighted by Crippen LogP contribution is 2.29. The Bertz CT molecular complexity index is 621. The van der Waals surface area contributed by atoms with Gasteiger partial charge < -0.3 is 19.8 Å². The topological polar surface area (TPSA) is 64.1 Å². The first-order valence-corrected chi connectivity index (χ1v) is 10.2.